The van der Waals surface area contributed by atoms with Gasteiger partial charge in [-0.2, -0.15) is 0 Å². The molecule has 0 saturated heterocycles. The first-order valence-electron chi connectivity index (χ1n) is 6.91. The molecule has 1 N–H and O–H groups in total. The molecule has 0 aliphatic carbocycles. The number of hydrogen-bond donors (Lipinski definition) is 1. The maximum absolute atomic E-state index is 13.3. The standard InChI is InChI=1S/C16H19ClFNO2/c1-3-8-19-16(11-4-6-14(18)13(17)9-11)15-7-5-12(21-15)10-20-2/h4-7,9,16,19H,3,8,10H2,1-2H3. The molecule has 0 aliphatic heterocycles. The molecule has 2 aromatic rings. The quantitative estimate of drug-likeness (QED) is 0.827. The summed E-state index contributed by atoms with van der Waals surface area (Å²) >= 11 is 5.88. The van der Waals surface area contributed by atoms with E-state index in [1.807, 2.05) is 12.1 Å². The van der Waals surface area contributed by atoms with Gasteiger partial charge < -0.3 is 14.5 Å². The number of methoxy groups -OCH3 is 1. The van der Waals surface area contributed by atoms with Crippen LogP contribution in [0.25, 0.3) is 0 Å². The zero-order chi connectivity index (χ0) is 15.2. The fraction of sp³-hybridized carbons (Fsp3) is 0.375. The van der Waals surface area contributed by atoms with Crippen LogP contribution in [0.15, 0.2) is 34.7 Å². The van der Waals surface area contributed by atoms with E-state index in [2.05, 4.69) is 12.2 Å². The number of rotatable bonds is 7. The molecule has 0 spiro atoms. The highest BCUT2D eigenvalue weighted by Gasteiger charge is 2.18. The topological polar surface area (TPSA) is 34.4 Å². The second-order valence-electron chi connectivity index (χ2n) is 4.80. The van der Waals surface area contributed by atoms with Gasteiger partial charge in [0.1, 0.15) is 23.9 Å². The van der Waals surface area contributed by atoms with E-state index in [9.17, 15) is 4.39 Å². The van der Waals surface area contributed by atoms with Crippen LogP contribution in [0.5, 0.6) is 0 Å². The minimum atomic E-state index is -0.422. The molecule has 0 aliphatic rings. The number of ether oxygens (including phenoxy) is 1. The molecule has 5 heteroatoms. The first-order chi connectivity index (χ1) is 10.2. The van der Waals surface area contributed by atoms with Gasteiger partial charge in [0.15, 0.2) is 0 Å². The average molecular weight is 312 g/mol. The molecule has 0 amide bonds. The summed E-state index contributed by atoms with van der Waals surface area (Å²) in [6.07, 6.45) is 0.983. The third kappa shape index (κ3) is 4.06. The fourth-order valence-electron chi connectivity index (χ4n) is 2.13. The Labute approximate surface area is 129 Å². The molecule has 1 aromatic heterocycles. The van der Waals surface area contributed by atoms with Crippen LogP contribution in [0.3, 0.4) is 0 Å². The SMILES string of the molecule is CCCNC(c1ccc(F)c(Cl)c1)c1ccc(COC)o1. The van der Waals surface area contributed by atoms with Gasteiger partial charge in [0.05, 0.1) is 11.1 Å². The molecule has 21 heavy (non-hydrogen) atoms. The van der Waals surface area contributed by atoms with Crippen LogP contribution in [0, 0.1) is 5.82 Å². The van der Waals surface area contributed by atoms with E-state index in [-0.39, 0.29) is 11.1 Å². The Balaban J connectivity index is 2.29. The maximum Gasteiger partial charge on any atom is 0.141 e. The zero-order valence-electron chi connectivity index (χ0n) is 12.2. The number of benzene rings is 1. The van der Waals surface area contributed by atoms with E-state index < -0.39 is 5.82 Å². The van der Waals surface area contributed by atoms with Gasteiger partial charge in [0.2, 0.25) is 0 Å². The molecule has 2 rings (SSSR count). The van der Waals surface area contributed by atoms with Crippen LogP contribution in [-0.4, -0.2) is 13.7 Å². The van der Waals surface area contributed by atoms with E-state index in [0.29, 0.717) is 6.61 Å². The molecule has 3 nitrogen and oxygen atoms in total. The lowest BCUT2D eigenvalue weighted by atomic mass is 10.0. The number of furan rings is 1. The molecule has 1 unspecified atom stereocenters. The highest BCUT2D eigenvalue weighted by molar-refractivity contribution is 6.30. The lowest BCUT2D eigenvalue weighted by molar-refractivity contribution is 0.162. The maximum atomic E-state index is 13.3. The number of hydrogen-bond acceptors (Lipinski definition) is 3. The van der Waals surface area contributed by atoms with E-state index in [1.54, 1.807) is 19.2 Å². The molecule has 1 atom stereocenters. The van der Waals surface area contributed by atoms with Gasteiger partial charge in [-0.3, -0.25) is 0 Å². The Hall–Kier alpha value is -1.36. The Morgan fingerprint density at radius 1 is 1.33 bits per heavy atom. The van der Waals surface area contributed by atoms with Crippen molar-refractivity contribution < 1.29 is 13.5 Å². The predicted molar refractivity (Wildman–Crippen MR) is 81.0 cm³/mol. The van der Waals surface area contributed by atoms with Crippen molar-refractivity contribution in [3.05, 3.63) is 58.3 Å². The summed E-state index contributed by atoms with van der Waals surface area (Å²) in [5, 5.41) is 3.50. The van der Waals surface area contributed by atoms with Gasteiger partial charge in [-0.05, 0) is 42.8 Å². The smallest absolute Gasteiger partial charge is 0.141 e. The highest BCUT2D eigenvalue weighted by atomic mass is 35.5. The molecule has 0 radical (unpaired) electrons. The van der Waals surface area contributed by atoms with Crippen molar-refractivity contribution in [1.29, 1.82) is 0 Å². The lowest BCUT2D eigenvalue weighted by Gasteiger charge is -2.17. The van der Waals surface area contributed by atoms with Crippen LogP contribution in [0.2, 0.25) is 5.02 Å². The van der Waals surface area contributed by atoms with Crippen LogP contribution in [0.1, 0.15) is 36.5 Å². The summed E-state index contributed by atoms with van der Waals surface area (Å²) in [5.41, 5.74) is 0.869. The molecule has 1 heterocycles. The second-order valence-corrected chi connectivity index (χ2v) is 5.20. The van der Waals surface area contributed by atoms with Crippen molar-refractivity contribution >= 4 is 11.6 Å². The summed E-state index contributed by atoms with van der Waals surface area (Å²) in [6, 6.07) is 8.34. The van der Waals surface area contributed by atoms with Crippen molar-refractivity contribution in [3.8, 4) is 0 Å². The summed E-state index contributed by atoms with van der Waals surface area (Å²) in [6.45, 7) is 3.32. The van der Waals surface area contributed by atoms with E-state index in [0.717, 1.165) is 30.0 Å². The zero-order valence-corrected chi connectivity index (χ0v) is 12.9. The van der Waals surface area contributed by atoms with Crippen molar-refractivity contribution in [3.63, 3.8) is 0 Å². The van der Waals surface area contributed by atoms with Gasteiger partial charge in [0, 0.05) is 7.11 Å². The van der Waals surface area contributed by atoms with Gasteiger partial charge in [-0.15, -0.1) is 0 Å². The van der Waals surface area contributed by atoms with Crippen molar-refractivity contribution in [2.75, 3.05) is 13.7 Å². The molecular formula is C16H19ClFNO2. The second kappa shape index (κ2) is 7.59. The summed E-state index contributed by atoms with van der Waals surface area (Å²) in [4.78, 5) is 0. The first kappa shape index (κ1) is 16.0. The predicted octanol–water partition coefficient (Wildman–Crippen LogP) is 4.31. The van der Waals surface area contributed by atoms with Crippen LogP contribution >= 0.6 is 11.6 Å². The normalized spacial score (nSPS) is 12.6. The summed E-state index contributed by atoms with van der Waals surface area (Å²) in [7, 11) is 1.62. The minimum Gasteiger partial charge on any atom is -0.462 e. The third-order valence-electron chi connectivity index (χ3n) is 3.13. The Morgan fingerprint density at radius 3 is 2.81 bits per heavy atom. The van der Waals surface area contributed by atoms with Gasteiger partial charge in [-0.1, -0.05) is 24.6 Å². The van der Waals surface area contributed by atoms with Crippen LogP contribution in [-0.2, 0) is 11.3 Å². The van der Waals surface area contributed by atoms with Gasteiger partial charge >= 0.3 is 0 Å². The minimum absolute atomic E-state index is 0.111. The Bertz CT molecular complexity index is 585. The largest absolute Gasteiger partial charge is 0.462 e. The Kier molecular flexibility index (Phi) is 5.79. The number of halogens is 2. The average Bonchev–Trinajstić information content (AvgIpc) is 2.92. The fourth-order valence-corrected chi connectivity index (χ4v) is 2.32. The van der Waals surface area contributed by atoms with Crippen LogP contribution in [0.4, 0.5) is 4.39 Å². The van der Waals surface area contributed by atoms with E-state index in [1.165, 1.54) is 6.07 Å². The Morgan fingerprint density at radius 2 is 2.14 bits per heavy atom. The molecule has 1 aromatic carbocycles. The van der Waals surface area contributed by atoms with Crippen molar-refractivity contribution in [2.24, 2.45) is 0 Å². The highest BCUT2D eigenvalue weighted by Crippen LogP contribution is 2.27. The lowest BCUT2D eigenvalue weighted by Crippen LogP contribution is -2.22. The molecule has 0 fully saturated rings. The number of nitrogens with one attached hydrogen (secondary N) is 1. The van der Waals surface area contributed by atoms with E-state index in [4.69, 9.17) is 20.8 Å². The first-order valence-corrected chi connectivity index (χ1v) is 7.29. The van der Waals surface area contributed by atoms with E-state index >= 15 is 0 Å². The molecular weight excluding hydrogens is 293 g/mol. The van der Waals surface area contributed by atoms with Crippen molar-refractivity contribution in [2.45, 2.75) is 26.0 Å². The summed E-state index contributed by atoms with van der Waals surface area (Å²) < 4.78 is 24.2. The molecule has 0 saturated carbocycles. The third-order valence-corrected chi connectivity index (χ3v) is 3.42. The van der Waals surface area contributed by atoms with Gasteiger partial charge in [0.25, 0.3) is 0 Å². The summed E-state index contributed by atoms with van der Waals surface area (Å²) in [5.74, 6) is 1.09. The van der Waals surface area contributed by atoms with Crippen molar-refractivity contribution in [1.82, 2.24) is 5.32 Å². The molecule has 114 valence electrons. The van der Waals surface area contributed by atoms with Gasteiger partial charge in [-0.25, -0.2) is 4.39 Å². The monoisotopic (exact) mass is 311 g/mol. The van der Waals surface area contributed by atoms with Crippen LogP contribution < -0.4 is 5.32 Å². The molecule has 0 bridgehead atoms.